The highest BCUT2D eigenvalue weighted by Gasteiger charge is 2.19. The third kappa shape index (κ3) is 4.20. The van der Waals surface area contributed by atoms with Crippen LogP contribution in [-0.4, -0.2) is 17.1 Å². The number of hydrogen-bond acceptors (Lipinski definition) is 4. The Labute approximate surface area is 186 Å². The van der Waals surface area contributed by atoms with Crippen molar-refractivity contribution in [2.75, 3.05) is 6.61 Å². The molecule has 0 spiro atoms. The summed E-state index contributed by atoms with van der Waals surface area (Å²) >= 11 is 5.95. The van der Waals surface area contributed by atoms with E-state index in [2.05, 4.69) is 0 Å². The van der Waals surface area contributed by atoms with E-state index in [0.717, 1.165) is 6.07 Å². The van der Waals surface area contributed by atoms with E-state index in [1.165, 1.54) is 36.5 Å². The maximum absolute atomic E-state index is 14.1. The van der Waals surface area contributed by atoms with Crippen LogP contribution in [0.15, 0.2) is 71.7 Å². The number of halogens is 3. The SMILES string of the molecule is CCOC(=O)c1cn(-c2ccc(Oc3ccc(F)cc3)cc2)c2cc(Cl)c(F)cc2c1=O. The van der Waals surface area contributed by atoms with Crippen molar-refractivity contribution in [2.24, 2.45) is 0 Å². The first-order valence-electron chi connectivity index (χ1n) is 9.62. The fourth-order valence-corrected chi connectivity index (χ4v) is 3.36. The van der Waals surface area contributed by atoms with Crippen molar-refractivity contribution in [1.29, 1.82) is 0 Å². The minimum absolute atomic E-state index is 0.0101. The number of aromatic nitrogens is 1. The van der Waals surface area contributed by atoms with Crippen LogP contribution < -0.4 is 10.2 Å². The molecule has 1 heterocycles. The van der Waals surface area contributed by atoms with Gasteiger partial charge < -0.3 is 14.0 Å². The molecule has 8 heteroatoms. The van der Waals surface area contributed by atoms with Crippen molar-refractivity contribution in [3.05, 3.63) is 99.3 Å². The highest BCUT2D eigenvalue weighted by atomic mass is 35.5. The topological polar surface area (TPSA) is 57.5 Å². The van der Waals surface area contributed by atoms with E-state index >= 15 is 0 Å². The smallest absolute Gasteiger partial charge is 0.343 e. The Kier molecular flexibility index (Phi) is 5.92. The molecule has 1 aromatic heterocycles. The fourth-order valence-electron chi connectivity index (χ4n) is 3.20. The second kappa shape index (κ2) is 8.80. The lowest BCUT2D eigenvalue weighted by atomic mass is 10.1. The summed E-state index contributed by atoms with van der Waals surface area (Å²) in [5, 5.41) is -0.171. The van der Waals surface area contributed by atoms with E-state index in [1.54, 1.807) is 35.8 Å². The molecule has 0 aliphatic carbocycles. The molecule has 5 nitrogen and oxygen atoms in total. The van der Waals surface area contributed by atoms with Crippen LogP contribution in [0.5, 0.6) is 11.5 Å². The second-order valence-electron chi connectivity index (χ2n) is 6.80. The van der Waals surface area contributed by atoms with Crippen LogP contribution in [-0.2, 0) is 4.74 Å². The predicted molar refractivity (Wildman–Crippen MR) is 117 cm³/mol. The van der Waals surface area contributed by atoms with Gasteiger partial charge in [0, 0.05) is 17.3 Å². The lowest BCUT2D eigenvalue weighted by Gasteiger charge is -2.14. The van der Waals surface area contributed by atoms with Gasteiger partial charge in [0.15, 0.2) is 0 Å². The highest BCUT2D eigenvalue weighted by Crippen LogP contribution is 2.27. The standard InChI is InChI=1S/C24H16ClF2NO4/c1-2-31-24(30)19-13-28(22-12-20(25)21(27)11-18(22)23(19)29)15-5-9-17(10-6-15)32-16-7-3-14(26)4-8-16/h3-13H,2H2,1H3. The van der Waals surface area contributed by atoms with Gasteiger partial charge >= 0.3 is 5.97 Å². The monoisotopic (exact) mass is 455 g/mol. The molecule has 4 aromatic rings. The zero-order chi connectivity index (χ0) is 22.8. The Hall–Kier alpha value is -3.71. The van der Waals surface area contributed by atoms with Gasteiger partial charge in [-0.3, -0.25) is 4.79 Å². The Morgan fingerprint density at radius 1 is 1.00 bits per heavy atom. The van der Waals surface area contributed by atoms with Gasteiger partial charge in [0.05, 0.1) is 17.1 Å². The minimum atomic E-state index is -0.806. The van der Waals surface area contributed by atoms with Crippen LogP contribution in [0.3, 0.4) is 0 Å². The number of benzene rings is 3. The molecule has 0 amide bonds. The average molecular weight is 456 g/mol. The van der Waals surface area contributed by atoms with Crippen molar-refractivity contribution < 1.29 is 23.0 Å². The number of rotatable bonds is 5. The largest absolute Gasteiger partial charge is 0.462 e. The summed E-state index contributed by atoms with van der Waals surface area (Å²) in [5.74, 6) is -1.00. The zero-order valence-corrected chi connectivity index (χ0v) is 17.5. The average Bonchev–Trinajstić information content (AvgIpc) is 2.78. The Morgan fingerprint density at radius 2 is 1.62 bits per heavy atom. The normalized spacial score (nSPS) is 10.9. The van der Waals surface area contributed by atoms with Gasteiger partial charge in [-0.15, -0.1) is 0 Å². The van der Waals surface area contributed by atoms with Crippen molar-refractivity contribution in [3.63, 3.8) is 0 Å². The number of carbonyl (C=O) groups excluding carboxylic acids is 1. The molecule has 0 N–H and O–H groups in total. The van der Waals surface area contributed by atoms with Gasteiger partial charge in [0.1, 0.15) is 28.7 Å². The summed E-state index contributed by atoms with van der Waals surface area (Å²) in [6, 6.07) is 14.6. The van der Waals surface area contributed by atoms with Crippen molar-refractivity contribution in [1.82, 2.24) is 4.57 Å². The Bertz CT molecular complexity index is 1370. The molecule has 0 atom stereocenters. The first kappa shape index (κ1) is 21.5. The third-order valence-electron chi connectivity index (χ3n) is 4.71. The van der Waals surface area contributed by atoms with E-state index in [4.69, 9.17) is 21.1 Å². The summed E-state index contributed by atoms with van der Waals surface area (Å²) in [6.07, 6.45) is 1.34. The van der Waals surface area contributed by atoms with E-state index in [1.807, 2.05) is 0 Å². The van der Waals surface area contributed by atoms with E-state index in [9.17, 15) is 18.4 Å². The molecule has 0 fully saturated rings. The van der Waals surface area contributed by atoms with Gasteiger partial charge in [-0.25, -0.2) is 13.6 Å². The molecule has 4 rings (SSSR count). The van der Waals surface area contributed by atoms with E-state index in [0.29, 0.717) is 22.7 Å². The molecule has 0 aliphatic heterocycles. The number of nitrogens with zero attached hydrogens (tertiary/aromatic N) is 1. The van der Waals surface area contributed by atoms with Crippen LogP contribution in [0.2, 0.25) is 5.02 Å². The van der Waals surface area contributed by atoms with Crippen LogP contribution in [0, 0.1) is 11.6 Å². The van der Waals surface area contributed by atoms with Crippen LogP contribution >= 0.6 is 11.6 Å². The molecular formula is C24H16ClF2NO4. The van der Waals surface area contributed by atoms with Crippen LogP contribution in [0.4, 0.5) is 8.78 Å². The summed E-state index contributed by atoms with van der Waals surface area (Å²) in [4.78, 5) is 25.1. The molecule has 0 bridgehead atoms. The molecule has 162 valence electrons. The Balaban J connectivity index is 1.81. The number of ether oxygens (including phenoxy) is 2. The zero-order valence-electron chi connectivity index (χ0n) is 16.8. The molecule has 0 saturated carbocycles. The lowest BCUT2D eigenvalue weighted by Crippen LogP contribution is -2.20. The number of fused-ring (bicyclic) bond motifs is 1. The number of carbonyl (C=O) groups is 1. The number of hydrogen-bond donors (Lipinski definition) is 0. The molecule has 0 aliphatic rings. The van der Waals surface area contributed by atoms with Gasteiger partial charge in [-0.05, 0) is 67.6 Å². The predicted octanol–water partition coefficient (Wildman–Crippen LogP) is 5.89. The van der Waals surface area contributed by atoms with Gasteiger partial charge in [0.2, 0.25) is 5.43 Å². The molecule has 3 aromatic carbocycles. The maximum atomic E-state index is 14.1. The molecular weight excluding hydrogens is 440 g/mol. The summed E-state index contributed by atoms with van der Waals surface area (Å²) in [5.41, 5.74) is 0.00516. The second-order valence-corrected chi connectivity index (χ2v) is 7.20. The third-order valence-corrected chi connectivity index (χ3v) is 4.99. The first-order valence-corrected chi connectivity index (χ1v) is 10.0. The molecule has 0 saturated heterocycles. The van der Waals surface area contributed by atoms with Gasteiger partial charge in [0.25, 0.3) is 0 Å². The summed E-state index contributed by atoms with van der Waals surface area (Å²) < 4.78 is 39.4. The first-order chi connectivity index (χ1) is 15.4. The van der Waals surface area contributed by atoms with Gasteiger partial charge in [-0.2, -0.15) is 0 Å². The van der Waals surface area contributed by atoms with Crippen molar-refractivity contribution in [3.8, 4) is 17.2 Å². The minimum Gasteiger partial charge on any atom is -0.462 e. The fraction of sp³-hybridized carbons (Fsp3) is 0.0833. The molecule has 0 unspecified atom stereocenters. The van der Waals surface area contributed by atoms with Crippen LogP contribution in [0.1, 0.15) is 17.3 Å². The summed E-state index contributed by atoms with van der Waals surface area (Å²) in [7, 11) is 0. The number of pyridine rings is 1. The number of esters is 1. The highest BCUT2D eigenvalue weighted by molar-refractivity contribution is 6.31. The Morgan fingerprint density at radius 3 is 2.25 bits per heavy atom. The van der Waals surface area contributed by atoms with Crippen molar-refractivity contribution in [2.45, 2.75) is 6.92 Å². The quantitative estimate of drug-likeness (QED) is 0.352. The summed E-state index contributed by atoms with van der Waals surface area (Å²) in [6.45, 7) is 1.71. The maximum Gasteiger partial charge on any atom is 0.343 e. The van der Waals surface area contributed by atoms with E-state index < -0.39 is 17.2 Å². The van der Waals surface area contributed by atoms with Gasteiger partial charge in [-0.1, -0.05) is 11.6 Å². The molecule has 0 radical (unpaired) electrons. The van der Waals surface area contributed by atoms with Crippen molar-refractivity contribution >= 4 is 28.5 Å². The van der Waals surface area contributed by atoms with E-state index in [-0.39, 0.29) is 28.4 Å². The lowest BCUT2D eigenvalue weighted by molar-refractivity contribution is 0.0524. The van der Waals surface area contributed by atoms with Crippen LogP contribution in [0.25, 0.3) is 16.6 Å². The molecule has 32 heavy (non-hydrogen) atoms.